The molecule has 1 aromatic carbocycles. The average molecular weight is 304 g/mol. The summed E-state index contributed by atoms with van der Waals surface area (Å²) >= 11 is 0. The van der Waals surface area contributed by atoms with Gasteiger partial charge in [0.15, 0.2) is 0 Å². The number of aryl methyl sites for hydroxylation is 2. The summed E-state index contributed by atoms with van der Waals surface area (Å²) < 4.78 is 5.38. The second-order valence-electron chi connectivity index (χ2n) is 6.00. The normalized spacial score (nSPS) is 17.0. The third kappa shape index (κ3) is 4.23. The van der Waals surface area contributed by atoms with Crippen LogP contribution in [-0.2, 0) is 17.6 Å². The Bertz CT molecular complexity index is 474. The summed E-state index contributed by atoms with van der Waals surface area (Å²) in [7, 11) is 0. The molecule has 1 unspecified atom stereocenters. The first kappa shape index (κ1) is 16.8. The fourth-order valence-electron chi connectivity index (χ4n) is 3.09. The molecule has 0 spiro atoms. The number of hydrogen-bond donors (Lipinski definition) is 2. The van der Waals surface area contributed by atoms with Gasteiger partial charge in [-0.2, -0.15) is 0 Å². The zero-order chi connectivity index (χ0) is 15.9. The minimum Gasteiger partial charge on any atom is -0.381 e. The molecule has 0 aromatic heterocycles. The van der Waals surface area contributed by atoms with Gasteiger partial charge in [0.1, 0.15) is 0 Å². The molecular formula is C18H28N2O2. The maximum absolute atomic E-state index is 12.3. The van der Waals surface area contributed by atoms with Crippen LogP contribution in [0.1, 0.15) is 44.7 Å². The van der Waals surface area contributed by atoms with E-state index in [0.717, 1.165) is 44.6 Å². The van der Waals surface area contributed by atoms with E-state index in [0.29, 0.717) is 5.92 Å². The van der Waals surface area contributed by atoms with E-state index in [9.17, 15) is 4.79 Å². The molecule has 1 atom stereocenters. The lowest BCUT2D eigenvalue weighted by Crippen LogP contribution is -2.42. The molecule has 122 valence electrons. The first-order valence-electron chi connectivity index (χ1n) is 8.41. The molecule has 4 heteroatoms. The third-order valence-electron chi connectivity index (χ3n) is 4.57. The van der Waals surface area contributed by atoms with E-state index in [1.165, 1.54) is 11.1 Å². The molecule has 0 saturated carbocycles. The molecule has 0 bridgehead atoms. The van der Waals surface area contributed by atoms with Gasteiger partial charge in [-0.1, -0.05) is 32.0 Å². The summed E-state index contributed by atoms with van der Waals surface area (Å²) in [6, 6.07) is 6.29. The summed E-state index contributed by atoms with van der Waals surface area (Å²) in [5.74, 6) is 0.506. The van der Waals surface area contributed by atoms with Crippen molar-refractivity contribution in [2.45, 2.75) is 52.5 Å². The van der Waals surface area contributed by atoms with Gasteiger partial charge in [0.25, 0.3) is 0 Å². The first-order chi connectivity index (χ1) is 10.7. The quantitative estimate of drug-likeness (QED) is 0.870. The van der Waals surface area contributed by atoms with Crippen molar-refractivity contribution >= 4 is 11.7 Å². The highest BCUT2D eigenvalue weighted by atomic mass is 16.5. The molecule has 1 saturated heterocycles. The molecule has 2 rings (SSSR count). The van der Waals surface area contributed by atoms with Crippen molar-refractivity contribution in [3.8, 4) is 0 Å². The van der Waals surface area contributed by atoms with Crippen LogP contribution in [0.4, 0.5) is 10.5 Å². The number of ether oxygens (including phenoxy) is 1. The van der Waals surface area contributed by atoms with Gasteiger partial charge in [0.05, 0.1) is 0 Å². The number of carbonyl (C=O) groups is 1. The van der Waals surface area contributed by atoms with Crippen LogP contribution in [0.2, 0.25) is 0 Å². The molecular weight excluding hydrogens is 276 g/mol. The van der Waals surface area contributed by atoms with E-state index >= 15 is 0 Å². The van der Waals surface area contributed by atoms with Gasteiger partial charge in [-0.25, -0.2) is 4.79 Å². The molecule has 22 heavy (non-hydrogen) atoms. The van der Waals surface area contributed by atoms with E-state index in [1.807, 2.05) is 0 Å². The molecule has 1 aliphatic heterocycles. The summed E-state index contributed by atoms with van der Waals surface area (Å²) in [4.78, 5) is 12.3. The van der Waals surface area contributed by atoms with Crippen LogP contribution < -0.4 is 10.6 Å². The fourth-order valence-corrected chi connectivity index (χ4v) is 3.09. The molecule has 2 N–H and O–H groups in total. The van der Waals surface area contributed by atoms with Gasteiger partial charge in [-0.05, 0) is 49.7 Å². The second kappa shape index (κ2) is 8.18. The minimum absolute atomic E-state index is 0.102. The molecule has 1 heterocycles. The zero-order valence-electron chi connectivity index (χ0n) is 13.9. The SMILES string of the molecule is CCc1cccc(CC)c1NC(=O)NC(C)C1CCOCC1. The number of benzene rings is 1. The van der Waals surface area contributed by atoms with Crippen molar-refractivity contribution in [1.82, 2.24) is 5.32 Å². The number of rotatable bonds is 5. The van der Waals surface area contributed by atoms with E-state index in [4.69, 9.17) is 4.74 Å². The average Bonchev–Trinajstić information content (AvgIpc) is 2.55. The van der Waals surface area contributed by atoms with Crippen LogP contribution in [0.3, 0.4) is 0 Å². The van der Waals surface area contributed by atoms with Crippen LogP contribution in [0.15, 0.2) is 18.2 Å². The molecule has 1 aliphatic rings. The smallest absolute Gasteiger partial charge is 0.319 e. The van der Waals surface area contributed by atoms with Gasteiger partial charge in [-0.3, -0.25) is 0 Å². The molecule has 2 amide bonds. The molecule has 0 radical (unpaired) electrons. The van der Waals surface area contributed by atoms with Gasteiger partial charge < -0.3 is 15.4 Å². The number of anilines is 1. The van der Waals surface area contributed by atoms with E-state index < -0.39 is 0 Å². The van der Waals surface area contributed by atoms with Crippen molar-refractivity contribution in [3.05, 3.63) is 29.3 Å². The van der Waals surface area contributed by atoms with Crippen molar-refractivity contribution in [1.29, 1.82) is 0 Å². The van der Waals surface area contributed by atoms with Crippen LogP contribution in [0.5, 0.6) is 0 Å². The number of urea groups is 1. The van der Waals surface area contributed by atoms with E-state index in [2.05, 4.69) is 49.6 Å². The Kier molecular flexibility index (Phi) is 6.25. The maximum Gasteiger partial charge on any atom is 0.319 e. The number of amides is 2. The fraction of sp³-hybridized carbons (Fsp3) is 0.611. The Morgan fingerprint density at radius 1 is 1.23 bits per heavy atom. The van der Waals surface area contributed by atoms with Crippen molar-refractivity contribution in [2.24, 2.45) is 5.92 Å². The monoisotopic (exact) mass is 304 g/mol. The number of para-hydroxylation sites is 1. The van der Waals surface area contributed by atoms with E-state index in [1.54, 1.807) is 0 Å². The highest BCUT2D eigenvalue weighted by Crippen LogP contribution is 2.23. The van der Waals surface area contributed by atoms with Gasteiger partial charge in [0.2, 0.25) is 0 Å². The second-order valence-corrected chi connectivity index (χ2v) is 6.00. The Hall–Kier alpha value is -1.55. The summed E-state index contributed by atoms with van der Waals surface area (Å²) in [5, 5.41) is 6.16. The first-order valence-corrected chi connectivity index (χ1v) is 8.41. The van der Waals surface area contributed by atoms with Crippen molar-refractivity contribution in [2.75, 3.05) is 18.5 Å². The summed E-state index contributed by atoms with van der Waals surface area (Å²) in [6.45, 7) is 7.92. The van der Waals surface area contributed by atoms with Crippen LogP contribution in [0.25, 0.3) is 0 Å². The molecule has 1 aromatic rings. The van der Waals surface area contributed by atoms with Gasteiger partial charge >= 0.3 is 6.03 Å². The highest BCUT2D eigenvalue weighted by molar-refractivity contribution is 5.91. The van der Waals surface area contributed by atoms with E-state index in [-0.39, 0.29) is 12.1 Å². The minimum atomic E-state index is -0.102. The Morgan fingerprint density at radius 3 is 2.36 bits per heavy atom. The largest absolute Gasteiger partial charge is 0.381 e. The standard InChI is InChI=1S/C18H28N2O2/c1-4-14-7-6-8-15(5-2)17(14)20-18(21)19-13(3)16-9-11-22-12-10-16/h6-8,13,16H,4-5,9-12H2,1-3H3,(H2,19,20,21). The molecule has 1 fully saturated rings. The lowest BCUT2D eigenvalue weighted by molar-refractivity contribution is 0.0573. The predicted octanol–water partition coefficient (Wildman–Crippen LogP) is 3.75. The van der Waals surface area contributed by atoms with Crippen LogP contribution >= 0.6 is 0 Å². The Balaban J connectivity index is 1.99. The van der Waals surface area contributed by atoms with Crippen LogP contribution in [0, 0.1) is 5.92 Å². The molecule has 4 nitrogen and oxygen atoms in total. The Morgan fingerprint density at radius 2 is 1.82 bits per heavy atom. The number of nitrogens with one attached hydrogen (secondary N) is 2. The van der Waals surface area contributed by atoms with Gasteiger partial charge in [-0.15, -0.1) is 0 Å². The third-order valence-corrected chi connectivity index (χ3v) is 4.57. The van der Waals surface area contributed by atoms with Crippen molar-refractivity contribution in [3.63, 3.8) is 0 Å². The number of carbonyl (C=O) groups excluding carboxylic acids is 1. The molecule has 0 aliphatic carbocycles. The van der Waals surface area contributed by atoms with Gasteiger partial charge in [0, 0.05) is 24.9 Å². The zero-order valence-corrected chi connectivity index (χ0v) is 13.9. The van der Waals surface area contributed by atoms with Crippen LogP contribution in [-0.4, -0.2) is 25.3 Å². The topological polar surface area (TPSA) is 50.4 Å². The number of hydrogen-bond acceptors (Lipinski definition) is 2. The lowest BCUT2D eigenvalue weighted by Gasteiger charge is -2.28. The lowest BCUT2D eigenvalue weighted by atomic mass is 9.93. The predicted molar refractivity (Wildman–Crippen MR) is 90.4 cm³/mol. The Labute approximate surface area is 133 Å². The highest BCUT2D eigenvalue weighted by Gasteiger charge is 2.22. The maximum atomic E-state index is 12.3. The summed E-state index contributed by atoms with van der Waals surface area (Å²) in [6.07, 6.45) is 3.87. The van der Waals surface area contributed by atoms with Crippen molar-refractivity contribution < 1.29 is 9.53 Å². The summed E-state index contributed by atoms with van der Waals surface area (Å²) in [5.41, 5.74) is 3.35.